The van der Waals surface area contributed by atoms with Crippen LogP contribution >= 0.6 is 15.9 Å². The van der Waals surface area contributed by atoms with Crippen molar-refractivity contribution in [3.8, 4) is 0 Å². The monoisotopic (exact) mass is 339 g/mol. The van der Waals surface area contributed by atoms with Gasteiger partial charge in [-0.15, -0.1) is 0 Å². The molecule has 0 amide bonds. The average Bonchev–Trinajstić information content (AvgIpc) is 2.40. The molecule has 2 aromatic carbocycles. The number of hydrogen-bond acceptors (Lipinski definition) is 1. The fourth-order valence-corrected chi connectivity index (χ4v) is 2.77. The highest BCUT2D eigenvalue weighted by molar-refractivity contribution is 9.10. The van der Waals surface area contributed by atoms with Crippen LogP contribution in [-0.2, 0) is 0 Å². The smallest absolute Gasteiger partial charge is 0.159 e. The SMILES string of the molecule is CNC(c1ccc(F)c(F)c1)c1cc(C)c(Br)cc1C. The summed E-state index contributed by atoms with van der Waals surface area (Å²) in [7, 11) is 1.81. The third-order valence-electron chi connectivity index (χ3n) is 3.42. The molecule has 1 unspecified atom stereocenters. The van der Waals surface area contributed by atoms with Crippen LogP contribution in [0.25, 0.3) is 0 Å². The van der Waals surface area contributed by atoms with Crippen molar-refractivity contribution in [3.05, 3.63) is 68.7 Å². The van der Waals surface area contributed by atoms with Crippen LogP contribution in [0.3, 0.4) is 0 Å². The zero-order valence-corrected chi connectivity index (χ0v) is 13.2. The van der Waals surface area contributed by atoms with Gasteiger partial charge in [-0.2, -0.15) is 0 Å². The zero-order valence-electron chi connectivity index (χ0n) is 11.6. The molecule has 0 bridgehead atoms. The summed E-state index contributed by atoms with van der Waals surface area (Å²) in [6, 6.07) is 7.94. The highest BCUT2D eigenvalue weighted by atomic mass is 79.9. The van der Waals surface area contributed by atoms with Crippen LogP contribution in [0.1, 0.15) is 28.3 Å². The summed E-state index contributed by atoms with van der Waals surface area (Å²) in [4.78, 5) is 0. The van der Waals surface area contributed by atoms with Crippen LogP contribution in [0.2, 0.25) is 0 Å². The van der Waals surface area contributed by atoms with E-state index in [0.29, 0.717) is 5.56 Å². The second-order valence-electron chi connectivity index (χ2n) is 4.85. The first kappa shape index (κ1) is 15.1. The molecular weight excluding hydrogens is 324 g/mol. The molecule has 1 N–H and O–H groups in total. The summed E-state index contributed by atoms with van der Waals surface area (Å²) in [5, 5.41) is 3.16. The molecule has 0 aromatic heterocycles. The second kappa shape index (κ2) is 6.02. The predicted octanol–water partition coefficient (Wildman–Crippen LogP) is 4.65. The zero-order chi connectivity index (χ0) is 14.9. The molecule has 0 fully saturated rings. The Morgan fingerprint density at radius 1 is 1.00 bits per heavy atom. The van der Waals surface area contributed by atoms with Crippen molar-refractivity contribution in [1.82, 2.24) is 5.32 Å². The van der Waals surface area contributed by atoms with Crippen molar-refractivity contribution in [2.45, 2.75) is 19.9 Å². The van der Waals surface area contributed by atoms with Gasteiger partial charge in [-0.1, -0.05) is 28.1 Å². The number of hydrogen-bond donors (Lipinski definition) is 1. The number of benzene rings is 2. The topological polar surface area (TPSA) is 12.0 Å². The van der Waals surface area contributed by atoms with Crippen molar-refractivity contribution >= 4 is 15.9 Å². The molecule has 0 aliphatic rings. The van der Waals surface area contributed by atoms with E-state index in [1.165, 1.54) is 6.07 Å². The van der Waals surface area contributed by atoms with E-state index < -0.39 is 11.6 Å². The molecule has 0 saturated carbocycles. The van der Waals surface area contributed by atoms with Crippen molar-refractivity contribution in [2.75, 3.05) is 7.05 Å². The van der Waals surface area contributed by atoms with E-state index in [1.807, 2.05) is 27.0 Å². The first-order chi connectivity index (χ1) is 9.43. The molecule has 0 aliphatic carbocycles. The molecule has 106 valence electrons. The first-order valence-electron chi connectivity index (χ1n) is 6.33. The molecule has 0 heterocycles. The minimum absolute atomic E-state index is 0.170. The minimum atomic E-state index is -0.827. The summed E-state index contributed by atoms with van der Waals surface area (Å²) in [5.74, 6) is -1.65. The summed E-state index contributed by atoms with van der Waals surface area (Å²) in [6.07, 6.45) is 0. The maximum atomic E-state index is 13.4. The van der Waals surface area contributed by atoms with Gasteiger partial charge < -0.3 is 5.32 Å². The fourth-order valence-electron chi connectivity index (χ4n) is 2.31. The Morgan fingerprint density at radius 3 is 2.30 bits per heavy atom. The molecule has 0 aliphatic heterocycles. The van der Waals surface area contributed by atoms with Crippen LogP contribution in [0.15, 0.2) is 34.8 Å². The molecular formula is C16H16BrF2N. The largest absolute Gasteiger partial charge is 0.309 e. The van der Waals surface area contributed by atoms with Gasteiger partial charge in [0.15, 0.2) is 11.6 Å². The van der Waals surface area contributed by atoms with Crippen LogP contribution in [0, 0.1) is 25.5 Å². The normalized spacial score (nSPS) is 12.5. The van der Waals surface area contributed by atoms with E-state index in [2.05, 4.69) is 27.3 Å². The van der Waals surface area contributed by atoms with Crippen LogP contribution < -0.4 is 5.32 Å². The molecule has 0 spiro atoms. The molecule has 2 rings (SSSR count). The predicted molar refractivity (Wildman–Crippen MR) is 80.9 cm³/mol. The van der Waals surface area contributed by atoms with Gasteiger partial charge in [0, 0.05) is 4.47 Å². The van der Waals surface area contributed by atoms with Crippen molar-refractivity contribution < 1.29 is 8.78 Å². The highest BCUT2D eigenvalue weighted by Crippen LogP contribution is 2.29. The lowest BCUT2D eigenvalue weighted by Gasteiger charge is -2.21. The molecule has 4 heteroatoms. The van der Waals surface area contributed by atoms with E-state index in [0.717, 1.165) is 27.2 Å². The Hall–Kier alpha value is -1.26. The number of rotatable bonds is 3. The summed E-state index contributed by atoms with van der Waals surface area (Å²) >= 11 is 3.50. The maximum absolute atomic E-state index is 13.4. The Bertz CT molecular complexity index is 641. The standard InChI is InChI=1S/C16H16BrF2N/c1-9-7-13(17)10(2)6-12(9)16(20-3)11-4-5-14(18)15(19)8-11/h4-8,16,20H,1-3H3. The van der Waals surface area contributed by atoms with E-state index in [-0.39, 0.29) is 6.04 Å². The van der Waals surface area contributed by atoms with Crippen molar-refractivity contribution in [3.63, 3.8) is 0 Å². The lowest BCUT2D eigenvalue weighted by molar-refractivity contribution is 0.505. The van der Waals surface area contributed by atoms with Crippen molar-refractivity contribution in [2.24, 2.45) is 0 Å². The van der Waals surface area contributed by atoms with Gasteiger partial charge in [-0.25, -0.2) is 8.78 Å². The lowest BCUT2D eigenvalue weighted by Crippen LogP contribution is -2.19. The Balaban J connectivity index is 2.52. The number of nitrogens with one attached hydrogen (secondary N) is 1. The average molecular weight is 340 g/mol. The Labute approximate surface area is 126 Å². The van der Waals surface area contributed by atoms with Gasteiger partial charge in [-0.3, -0.25) is 0 Å². The van der Waals surface area contributed by atoms with Crippen LogP contribution in [-0.4, -0.2) is 7.05 Å². The maximum Gasteiger partial charge on any atom is 0.159 e. The summed E-state index contributed by atoms with van der Waals surface area (Å²) < 4.78 is 27.5. The van der Waals surface area contributed by atoms with Crippen LogP contribution in [0.4, 0.5) is 8.78 Å². The molecule has 20 heavy (non-hydrogen) atoms. The Morgan fingerprint density at radius 2 is 1.70 bits per heavy atom. The van der Waals surface area contributed by atoms with Crippen LogP contribution in [0.5, 0.6) is 0 Å². The molecule has 0 radical (unpaired) electrons. The fraction of sp³-hybridized carbons (Fsp3) is 0.250. The van der Waals surface area contributed by atoms with E-state index in [9.17, 15) is 8.78 Å². The third-order valence-corrected chi connectivity index (χ3v) is 4.28. The molecule has 0 saturated heterocycles. The molecule has 1 atom stereocenters. The van der Waals surface area contributed by atoms with E-state index in [1.54, 1.807) is 6.07 Å². The quantitative estimate of drug-likeness (QED) is 0.857. The van der Waals surface area contributed by atoms with Gasteiger partial charge >= 0.3 is 0 Å². The lowest BCUT2D eigenvalue weighted by atomic mass is 9.93. The van der Waals surface area contributed by atoms with Gasteiger partial charge in [0.05, 0.1) is 6.04 Å². The third kappa shape index (κ3) is 2.91. The van der Waals surface area contributed by atoms with Crippen molar-refractivity contribution in [1.29, 1.82) is 0 Å². The van der Waals surface area contributed by atoms with E-state index >= 15 is 0 Å². The minimum Gasteiger partial charge on any atom is -0.309 e. The summed E-state index contributed by atoms with van der Waals surface area (Å²) in [6.45, 7) is 4.01. The second-order valence-corrected chi connectivity index (χ2v) is 5.71. The summed E-state index contributed by atoms with van der Waals surface area (Å²) in [5.41, 5.74) is 3.95. The molecule has 1 nitrogen and oxygen atoms in total. The number of aryl methyl sites for hydroxylation is 2. The highest BCUT2D eigenvalue weighted by Gasteiger charge is 2.17. The first-order valence-corrected chi connectivity index (χ1v) is 7.12. The van der Waals surface area contributed by atoms with Gasteiger partial charge in [0.1, 0.15) is 0 Å². The molecule has 2 aromatic rings. The number of halogens is 3. The Kier molecular flexibility index (Phi) is 4.55. The van der Waals surface area contributed by atoms with Gasteiger partial charge in [-0.05, 0) is 61.3 Å². The van der Waals surface area contributed by atoms with E-state index in [4.69, 9.17) is 0 Å². The van der Waals surface area contributed by atoms with Gasteiger partial charge in [0.2, 0.25) is 0 Å². The van der Waals surface area contributed by atoms with Gasteiger partial charge in [0.25, 0.3) is 0 Å².